The molecule has 3 aromatic rings. The van der Waals surface area contributed by atoms with E-state index in [2.05, 4.69) is 47.1 Å². The van der Waals surface area contributed by atoms with E-state index < -0.39 is 0 Å². The van der Waals surface area contributed by atoms with Crippen molar-refractivity contribution in [2.45, 2.75) is 32.2 Å². The summed E-state index contributed by atoms with van der Waals surface area (Å²) in [6.45, 7) is 4.72. The molecule has 0 amide bonds. The average Bonchev–Trinajstić information content (AvgIpc) is 3.10. The summed E-state index contributed by atoms with van der Waals surface area (Å²) >= 11 is 0. The first-order valence-corrected chi connectivity index (χ1v) is 9.36. The van der Waals surface area contributed by atoms with Crippen molar-refractivity contribution in [2.75, 3.05) is 13.1 Å². The fourth-order valence-electron chi connectivity index (χ4n) is 3.82. The van der Waals surface area contributed by atoms with Crippen LogP contribution in [0.25, 0.3) is 22.0 Å². The molecular formula is C23H23N3. The second-order valence-corrected chi connectivity index (χ2v) is 7.22. The lowest BCUT2D eigenvalue weighted by atomic mass is 10.0. The van der Waals surface area contributed by atoms with Crippen molar-refractivity contribution in [2.24, 2.45) is 0 Å². The molecule has 2 heterocycles. The van der Waals surface area contributed by atoms with Crippen molar-refractivity contribution in [3.05, 3.63) is 65.9 Å². The van der Waals surface area contributed by atoms with Gasteiger partial charge >= 0.3 is 0 Å². The van der Waals surface area contributed by atoms with Crippen LogP contribution in [0.4, 0.5) is 0 Å². The lowest BCUT2D eigenvalue weighted by Crippen LogP contribution is -2.28. The molecule has 2 aromatic carbocycles. The van der Waals surface area contributed by atoms with Crippen LogP contribution in [-0.2, 0) is 6.42 Å². The largest absolute Gasteiger partial charge is 0.300 e. The maximum absolute atomic E-state index is 8.93. The third-order valence-corrected chi connectivity index (χ3v) is 5.47. The average molecular weight is 341 g/mol. The van der Waals surface area contributed by atoms with Gasteiger partial charge in [0.15, 0.2) is 0 Å². The van der Waals surface area contributed by atoms with Crippen LogP contribution in [0.5, 0.6) is 0 Å². The van der Waals surface area contributed by atoms with E-state index in [0.717, 1.165) is 30.3 Å². The summed E-state index contributed by atoms with van der Waals surface area (Å²) < 4.78 is 0. The Bertz CT molecular complexity index is 953. The minimum atomic E-state index is 0.673. The highest BCUT2D eigenvalue weighted by Crippen LogP contribution is 2.24. The van der Waals surface area contributed by atoms with Crippen LogP contribution in [-0.4, -0.2) is 29.0 Å². The third kappa shape index (κ3) is 3.47. The second kappa shape index (κ2) is 7.27. The minimum Gasteiger partial charge on any atom is -0.300 e. The molecule has 0 spiro atoms. The Morgan fingerprint density at radius 1 is 1.12 bits per heavy atom. The number of rotatable bonds is 4. The standard InChI is InChI=1S/C23H23N3/c1-17-3-2-11-26(17)12-10-18-4-9-21-14-23(25-16-22(21)13-18)20-7-5-19(15-24)6-8-20/h4-9,13-14,16-17H,2-3,10-12H2,1H3/t17-/m0/s1. The van der Waals surface area contributed by atoms with Crippen molar-refractivity contribution < 1.29 is 0 Å². The molecule has 3 nitrogen and oxygen atoms in total. The van der Waals surface area contributed by atoms with Crippen LogP contribution in [0, 0.1) is 11.3 Å². The van der Waals surface area contributed by atoms with Gasteiger partial charge in [-0.2, -0.15) is 5.26 Å². The molecule has 0 unspecified atom stereocenters. The molecule has 0 radical (unpaired) electrons. The molecule has 1 saturated heterocycles. The van der Waals surface area contributed by atoms with Gasteiger partial charge in [-0.25, -0.2) is 0 Å². The van der Waals surface area contributed by atoms with Gasteiger partial charge in [0, 0.05) is 29.7 Å². The van der Waals surface area contributed by atoms with Crippen LogP contribution in [0.15, 0.2) is 54.7 Å². The van der Waals surface area contributed by atoms with Gasteiger partial charge in [0.1, 0.15) is 0 Å². The zero-order valence-corrected chi connectivity index (χ0v) is 15.2. The summed E-state index contributed by atoms with van der Waals surface area (Å²) in [7, 11) is 0. The van der Waals surface area contributed by atoms with Gasteiger partial charge in [-0.1, -0.05) is 24.3 Å². The van der Waals surface area contributed by atoms with E-state index in [1.807, 2.05) is 30.5 Å². The van der Waals surface area contributed by atoms with Crippen LogP contribution < -0.4 is 0 Å². The van der Waals surface area contributed by atoms with Crippen molar-refractivity contribution >= 4 is 10.8 Å². The number of pyridine rings is 1. The van der Waals surface area contributed by atoms with E-state index in [1.54, 1.807) is 0 Å². The maximum Gasteiger partial charge on any atom is 0.0991 e. The fourth-order valence-corrected chi connectivity index (χ4v) is 3.82. The molecule has 1 aromatic heterocycles. The van der Waals surface area contributed by atoms with Crippen LogP contribution in [0.1, 0.15) is 30.9 Å². The Morgan fingerprint density at radius 3 is 2.69 bits per heavy atom. The molecule has 0 bridgehead atoms. The number of nitrogens with zero attached hydrogens (tertiary/aromatic N) is 3. The highest BCUT2D eigenvalue weighted by Gasteiger charge is 2.19. The predicted molar refractivity (Wildman–Crippen MR) is 106 cm³/mol. The SMILES string of the molecule is C[C@H]1CCCN1CCc1ccc2cc(-c3ccc(C#N)cc3)ncc2c1. The van der Waals surface area contributed by atoms with E-state index in [-0.39, 0.29) is 0 Å². The van der Waals surface area contributed by atoms with Crippen molar-refractivity contribution in [1.82, 2.24) is 9.88 Å². The highest BCUT2D eigenvalue weighted by molar-refractivity contribution is 5.85. The molecule has 130 valence electrons. The number of nitriles is 1. The van der Waals surface area contributed by atoms with Crippen LogP contribution in [0.2, 0.25) is 0 Å². The van der Waals surface area contributed by atoms with Gasteiger partial charge in [0.2, 0.25) is 0 Å². The maximum atomic E-state index is 8.93. The number of likely N-dealkylation sites (tertiary alicyclic amines) is 1. The smallest absolute Gasteiger partial charge is 0.0991 e. The van der Waals surface area contributed by atoms with Crippen LogP contribution in [0.3, 0.4) is 0 Å². The lowest BCUT2D eigenvalue weighted by molar-refractivity contribution is 0.272. The predicted octanol–water partition coefficient (Wildman–Crippen LogP) is 4.80. The Labute approximate surface area is 154 Å². The number of benzene rings is 2. The lowest BCUT2D eigenvalue weighted by Gasteiger charge is -2.20. The number of aromatic nitrogens is 1. The third-order valence-electron chi connectivity index (χ3n) is 5.47. The normalized spacial score (nSPS) is 17.5. The van der Waals surface area contributed by atoms with E-state index in [4.69, 9.17) is 5.26 Å². The van der Waals surface area contributed by atoms with Crippen molar-refractivity contribution in [3.8, 4) is 17.3 Å². The Kier molecular flexibility index (Phi) is 4.69. The van der Waals surface area contributed by atoms with E-state index >= 15 is 0 Å². The van der Waals surface area contributed by atoms with Gasteiger partial charge in [-0.15, -0.1) is 0 Å². The Balaban J connectivity index is 1.53. The molecule has 1 fully saturated rings. The zero-order valence-electron chi connectivity index (χ0n) is 15.2. The van der Waals surface area contributed by atoms with Crippen LogP contribution >= 0.6 is 0 Å². The van der Waals surface area contributed by atoms with Gasteiger partial charge in [-0.3, -0.25) is 4.98 Å². The van der Waals surface area contributed by atoms with Crippen molar-refractivity contribution in [1.29, 1.82) is 5.26 Å². The molecule has 4 rings (SSSR count). The monoisotopic (exact) mass is 341 g/mol. The summed E-state index contributed by atoms with van der Waals surface area (Å²) in [4.78, 5) is 7.22. The van der Waals surface area contributed by atoms with Gasteiger partial charge in [0.05, 0.1) is 17.3 Å². The topological polar surface area (TPSA) is 39.9 Å². The summed E-state index contributed by atoms with van der Waals surface area (Å²) in [6.07, 6.45) is 5.73. The molecular weight excluding hydrogens is 318 g/mol. The number of hydrogen-bond acceptors (Lipinski definition) is 3. The molecule has 26 heavy (non-hydrogen) atoms. The van der Waals surface area contributed by atoms with Gasteiger partial charge in [0.25, 0.3) is 0 Å². The van der Waals surface area contributed by atoms with E-state index in [1.165, 1.54) is 35.7 Å². The van der Waals surface area contributed by atoms with Crippen molar-refractivity contribution in [3.63, 3.8) is 0 Å². The number of fused-ring (bicyclic) bond motifs is 1. The summed E-state index contributed by atoms with van der Waals surface area (Å²) in [5.74, 6) is 0. The number of hydrogen-bond donors (Lipinski definition) is 0. The summed E-state index contributed by atoms with van der Waals surface area (Å²) in [6, 6.07) is 19.3. The molecule has 1 atom stereocenters. The summed E-state index contributed by atoms with van der Waals surface area (Å²) in [5, 5.41) is 11.3. The molecule has 1 aliphatic heterocycles. The van der Waals surface area contributed by atoms with Gasteiger partial charge < -0.3 is 4.90 Å². The molecule has 1 aliphatic rings. The quantitative estimate of drug-likeness (QED) is 0.684. The van der Waals surface area contributed by atoms with E-state index in [0.29, 0.717) is 5.56 Å². The molecule has 0 aliphatic carbocycles. The molecule has 0 saturated carbocycles. The molecule has 3 heteroatoms. The first kappa shape index (κ1) is 16.8. The Hall–Kier alpha value is -2.70. The van der Waals surface area contributed by atoms with Gasteiger partial charge in [-0.05, 0) is 67.9 Å². The zero-order chi connectivity index (χ0) is 17.9. The first-order valence-electron chi connectivity index (χ1n) is 9.36. The fraction of sp³-hybridized carbons (Fsp3) is 0.304. The van der Waals surface area contributed by atoms with E-state index in [9.17, 15) is 0 Å². The second-order valence-electron chi connectivity index (χ2n) is 7.22. The highest BCUT2D eigenvalue weighted by atomic mass is 15.2. The summed E-state index contributed by atoms with van der Waals surface area (Å²) in [5.41, 5.74) is 4.04. The first-order chi connectivity index (χ1) is 12.7. The Morgan fingerprint density at radius 2 is 1.96 bits per heavy atom. The molecule has 0 N–H and O–H groups in total. The minimum absolute atomic E-state index is 0.673.